The molecule has 0 aliphatic heterocycles. The zero-order chi connectivity index (χ0) is 18.6. The lowest BCUT2D eigenvalue weighted by molar-refractivity contribution is 0.355. The van der Waals surface area contributed by atoms with Gasteiger partial charge in [-0.25, -0.2) is 9.97 Å². The Labute approximate surface area is 157 Å². The molecule has 6 nitrogen and oxygen atoms in total. The number of aromatic nitrogens is 3. The summed E-state index contributed by atoms with van der Waals surface area (Å²) in [5, 5.41) is 3.51. The van der Waals surface area contributed by atoms with Crippen LogP contribution in [0.5, 0.6) is 11.5 Å². The van der Waals surface area contributed by atoms with E-state index in [1.807, 2.05) is 53.1 Å². The van der Waals surface area contributed by atoms with Crippen LogP contribution in [-0.4, -0.2) is 28.6 Å². The molecule has 0 aliphatic carbocycles. The summed E-state index contributed by atoms with van der Waals surface area (Å²) in [7, 11) is 3.25. The van der Waals surface area contributed by atoms with Gasteiger partial charge in [0.25, 0.3) is 0 Å². The summed E-state index contributed by atoms with van der Waals surface area (Å²) in [6.07, 6.45) is 3.69. The molecule has 0 radical (unpaired) electrons. The molecule has 0 aliphatic rings. The number of hydrogen-bond donors (Lipinski definition) is 1. The maximum atomic E-state index is 5.45. The lowest BCUT2D eigenvalue weighted by Crippen LogP contribution is -2.03. The van der Waals surface area contributed by atoms with Crippen LogP contribution < -0.4 is 14.8 Å². The quantitative estimate of drug-likeness (QED) is 0.563. The first-order valence-corrected chi connectivity index (χ1v) is 8.63. The minimum Gasteiger partial charge on any atom is -0.493 e. The fourth-order valence-electron chi connectivity index (χ4n) is 3.02. The van der Waals surface area contributed by atoms with Crippen molar-refractivity contribution < 1.29 is 9.47 Å². The zero-order valence-corrected chi connectivity index (χ0v) is 15.2. The van der Waals surface area contributed by atoms with E-state index in [2.05, 4.69) is 22.4 Å². The van der Waals surface area contributed by atoms with E-state index in [4.69, 9.17) is 14.5 Å². The van der Waals surface area contributed by atoms with E-state index in [0.717, 1.165) is 17.1 Å². The van der Waals surface area contributed by atoms with Gasteiger partial charge in [-0.05, 0) is 29.8 Å². The van der Waals surface area contributed by atoms with Gasteiger partial charge < -0.3 is 14.8 Å². The van der Waals surface area contributed by atoms with Crippen LogP contribution in [0.15, 0.2) is 67.0 Å². The Kier molecular flexibility index (Phi) is 4.61. The van der Waals surface area contributed by atoms with E-state index in [9.17, 15) is 0 Å². The topological polar surface area (TPSA) is 60.7 Å². The number of rotatable bonds is 6. The Bertz CT molecular complexity index is 1060. The highest BCUT2D eigenvalue weighted by molar-refractivity contribution is 5.77. The number of nitrogens with one attached hydrogen (secondary N) is 1. The third-order valence-corrected chi connectivity index (χ3v) is 4.36. The molecule has 2 heterocycles. The van der Waals surface area contributed by atoms with Gasteiger partial charge in [0.1, 0.15) is 11.5 Å². The molecule has 4 rings (SSSR count). The average Bonchev–Trinajstić information content (AvgIpc) is 3.11. The van der Waals surface area contributed by atoms with E-state index in [1.54, 1.807) is 20.4 Å². The maximum absolute atomic E-state index is 5.45. The summed E-state index contributed by atoms with van der Waals surface area (Å²) < 4.78 is 12.7. The molecule has 4 aromatic rings. The largest absolute Gasteiger partial charge is 0.493 e. The van der Waals surface area contributed by atoms with Crippen molar-refractivity contribution >= 4 is 11.6 Å². The number of methoxy groups -OCH3 is 2. The molecule has 2 aromatic carbocycles. The number of benzene rings is 2. The Morgan fingerprint density at radius 3 is 2.56 bits per heavy atom. The fraction of sp³-hybridized carbons (Fsp3) is 0.143. The summed E-state index contributed by atoms with van der Waals surface area (Å²) in [4.78, 5) is 9.09. The van der Waals surface area contributed by atoms with Gasteiger partial charge in [-0.1, -0.05) is 30.3 Å². The molecular weight excluding hydrogens is 340 g/mol. The van der Waals surface area contributed by atoms with Gasteiger partial charge in [-0.2, -0.15) is 0 Å². The molecule has 2 aromatic heterocycles. The van der Waals surface area contributed by atoms with Gasteiger partial charge in [-0.15, -0.1) is 0 Å². The highest BCUT2D eigenvalue weighted by Gasteiger charge is 2.16. The van der Waals surface area contributed by atoms with Crippen LogP contribution in [-0.2, 0) is 6.54 Å². The average molecular weight is 360 g/mol. The molecule has 0 unspecified atom stereocenters. The summed E-state index contributed by atoms with van der Waals surface area (Å²) >= 11 is 0. The Balaban J connectivity index is 1.78. The zero-order valence-electron chi connectivity index (χ0n) is 15.2. The van der Waals surface area contributed by atoms with Crippen molar-refractivity contribution in [1.82, 2.24) is 14.4 Å². The predicted molar refractivity (Wildman–Crippen MR) is 105 cm³/mol. The van der Waals surface area contributed by atoms with Crippen molar-refractivity contribution in [2.24, 2.45) is 0 Å². The van der Waals surface area contributed by atoms with Crippen LogP contribution in [0.1, 0.15) is 5.56 Å². The second kappa shape index (κ2) is 7.37. The standard InChI is InChI=1S/C21H20N4O2/c1-26-17-10-9-16(13-18(17)27-2)19-20(23-14-15-7-4-3-5-8-15)25-12-6-11-22-21(25)24-19/h3-13,23H,14H2,1-2H3. The maximum Gasteiger partial charge on any atom is 0.235 e. The van der Waals surface area contributed by atoms with Crippen molar-refractivity contribution in [3.8, 4) is 22.8 Å². The lowest BCUT2D eigenvalue weighted by atomic mass is 10.1. The van der Waals surface area contributed by atoms with Gasteiger partial charge in [0, 0.05) is 24.5 Å². The molecule has 0 saturated heterocycles. The molecule has 0 amide bonds. The third-order valence-electron chi connectivity index (χ3n) is 4.36. The van der Waals surface area contributed by atoms with Gasteiger partial charge in [-0.3, -0.25) is 4.40 Å². The smallest absolute Gasteiger partial charge is 0.235 e. The first kappa shape index (κ1) is 16.9. The highest BCUT2D eigenvalue weighted by Crippen LogP contribution is 2.35. The van der Waals surface area contributed by atoms with E-state index < -0.39 is 0 Å². The first-order chi connectivity index (χ1) is 13.3. The van der Waals surface area contributed by atoms with Crippen LogP contribution in [0.3, 0.4) is 0 Å². The third kappa shape index (κ3) is 3.29. The minimum absolute atomic E-state index is 0.637. The molecule has 0 fully saturated rings. The SMILES string of the molecule is COc1ccc(-c2nc3ncccn3c2NCc2ccccc2)cc1OC. The number of anilines is 1. The van der Waals surface area contributed by atoms with Crippen molar-refractivity contribution in [1.29, 1.82) is 0 Å². The summed E-state index contributed by atoms with van der Waals surface area (Å²) in [6.45, 7) is 0.684. The predicted octanol–water partition coefficient (Wildman–Crippen LogP) is 4.03. The normalized spacial score (nSPS) is 10.7. The van der Waals surface area contributed by atoms with E-state index >= 15 is 0 Å². The van der Waals surface area contributed by atoms with Crippen LogP contribution in [0.4, 0.5) is 5.82 Å². The van der Waals surface area contributed by atoms with E-state index in [1.165, 1.54) is 5.56 Å². The number of fused-ring (bicyclic) bond motifs is 1. The monoisotopic (exact) mass is 360 g/mol. The molecule has 1 N–H and O–H groups in total. The van der Waals surface area contributed by atoms with Crippen LogP contribution in [0.2, 0.25) is 0 Å². The van der Waals surface area contributed by atoms with Crippen molar-refractivity contribution in [2.45, 2.75) is 6.54 Å². The van der Waals surface area contributed by atoms with E-state index in [0.29, 0.717) is 23.8 Å². The second-order valence-electron chi connectivity index (χ2n) is 6.01. The molecule has 136 valence electrons. The Morgan fingerprint density at radius 2 is 1.78 bits per heavy atom. The van der Waals surface area contributed by atoms with Gasteiger partial charge in [0.05, 0.1) is 14.2 Å². The first-order valence-electron chi connectivity index (χ1n) is 8.63. The molecule has 0 bridgehead atoms. The minimum atomic E-state index is 0.637. The van der Waals surface area contributed by atoms with Crippen molar-refractivity contribution in [3.63, 3.8) is 0 Å². The molecule has 0 spiro atoms. The molecule has 0 atom stereocenters. The van der Waals surface area contributed by atoms with Crippen LogP contribution in [0.25, 0.3) is 17.0 Å². The summed E-state index contributed by atoms with van der Waals surface area (Å²) in [5.41, 5.74) is 2.92. The van der Waals surface area contributed by atoms with E-state index in [-0.39, 0.29) is 0 Å². The molecule has 0 saturated carbocycles. The van der Waals surface area contributed by atoms with Crippen molar-refractivity contribution in [2.75, 3.05) is 19.5 Å². The van der Waals surface area contributed by atoms with Crippen molar-refractivity contribution in [3.05, 3.63) is 72.6 Å². The number of imidazole rings is 1. The lowest BCUT2D eigenvalue weighted by Gasteiger charge is -2.11. The number of hydrogen-bond acceptors (Lipinski definition) is 5. The van der Waals surface area contributed by atoms with Gasteiger partial charge >= 0.3 is 0 Å². The summed E-state index contributed by atoms with van der Waals surface area (Å²) in [6, 6.07) is 17.9. The highest BCUT2D eigenvalue weighted by atomic mass is 16.5. The second-order valence-corrected chi connectivity index (χ2v) is 6.01. The Hall–Kier alpha value is -3.54. The molecular formula is C21H20N4O2. The number of ether oxygens (including phenoxy) is 2. The Morgan fingerprint density at radius 1 is 0.963 bits per heavy atom. The molecule has 27 heavy (non-hydrogen) atoms. The van der Waals surface area contributed by atoms with Gasteiger partial charge in [0.2, 0.25) is 5.78 Å². The van der Waals surface area contributed by atoms with Crippen LogP contribution in [0, 0.1) is 0 Å². The van der Waals surface area contributed by atoms with Crippen LogP contribution >= 0.6 is 0 Å². The number of nitrogens with zero attached hydrogens (tertiary/aromatic N) is 3. The fourth-order valence-corrected chi connectivity index (χ4v) is 3.02. The summed E-state index contributed by atoms with van der Waals surface area (Å²) in [5.74, 6) is 2.86. The van der Waals surface area contributed by atoms with Gasteiger partial charge in [0.15, 0.2) is 11.5 Å². The molecule has 6 heteroatoms.